The van der Waals surface area contributed by atoms with Crippen LogP contribution < -0.4 is 15.8 Å². The lowest BCUT2D eigenvalue weighted by molar-refractivity contribution is 0.102. The first-order valence-electron chi connectivity index (χ1n) is 5.35. The molecular formula is C13H13N3O2. The summed E-state index contributed by atoms with van der Waals surface area (Å²) in [6, 6.07) is 8.33. The van der Waals surface area contributed by atoms with Gasteiger partial charge in [-0.1, -0.05) is 0 Å². The number of ether oxygens (including phenoxy) is 1. The molecule has 0 aliphatic carbocycles. The van der Waals surface area contributed by atoms with Gasteiger partial charge in [-0.15, -0.1) is 0 Å². The number of nitrogens with one attached hydrogen (secondary N) is 1. The van der Waals surface area contributed by atoms with Gasteiger partial charge in [0, 0.05) is 23.6 Å². The van der Waals surface area contributed by atoms with Crippen molar-refractivity contribution in [1.82, 2.24) is 4.98 Å². The second kappa shape index (κ2) is 5.18. The molecule has 0 aliphatic heterocycles. The Balaban J connectivity index is 2.24. The van der Waals surface area contributed by atoms with Crippen LogP contribution in [0.3, 0.4) is 0 Å². The molecule has 0 fully saturated rings. The molecule has 0 aliphatic rings. The Kier molecular flexibility index (Phi) is 3.43. The molecule has 1 heterocycles. The van der Waals surface area contributed by atoms with E-state index in [1.165, 1.54) is 7.11 Å². The van der Waals surface area contributed by atoms with Gasteiger partial charge in [0.2, 0.25) is 0 Å². The zero-order valence-electron chi connectivity index (χ0n) is 9.88. The van der Waals surface area contributed by atoms with Gasteiger partial charge in [-0.2, -0.15) is 0 Å². The Labute approximate surface area is 105 Å². The van der Waals surface area contributed by atoms with E-state index in [-0.39, 0.29) is 5.91 Å². The van der Waals surface area contributed by atoms with Crippen LogP contribution in [0.15, 0.2) is 42.7 Å². The van der Waals surface area contributed by atoms with Gasteiger partial charge in [-0.3, -0.25) is 9.78 Å². The van der Waals surface area contributed by atoms with Crippen molar-refractivity contribution in [2.75, 3.05) is 18.2 Å². The summed E-state index contributed by atoms with van der Waals surface area (Å²) in [7, 11) is 1.54. The van der Waals surface area contributed by atoms with Gasteiger partial charge in [0.05, 0.1) is 12.8 Å². The van der Waals surface area contributed by atoms with Crippen molar-refractivity contribution in [3.63, 3.8) is 0 Å². The standard InChI is InChI=1S/C13H13N3O2/c1-18-12-3-2-10(14)8-11(12)16-13(17)9-4-6-15-7-5-9/h2-8H,14H2,1H3,(H,16,17). The van der Waals surface area contributed by atoms with E-state index in [2.05, 4.69) is 10.3 Å². The summed E-state index contributed by atoms with van der Waals surface area (Å²) in [4.78, 5) is 15.8. The molecule has 0 spiro atoms. The molecule has 0 saturated heterocycles. The molecule has 1 aromatic heterocycles. The maximum absolute atomic E-state index is 12.0. The number of amides is 1. The van der Waals surface area contributed by atoms with Crippen molar-refractivity contribution >= 4 is 17.3 Å². The van der Waals surface area contributed by atoms with E-state index in [0.717, 1.165) is 0 Å². The van der Waals surface area contributed by atoms with Gasteiger partial charge in [0.1, 0.15) is 5.75 Å². The molecule has 0 atom stereocenters. The van der Waals surface area contributed by atoms with E-state index in [0.29, 0.717) is 22.7 Å². The summed E-state index contributed by atoms with van der Waals surface area (Å²) < 4.78 is 5.15. The van der Waals surface area contributed by atoms with Gasteiger partial charge >= 0.3 is 0 Å². The van der Waals surface area contributed by atoms with E-state index in [1.807, 2.05) is 0 Å². The van der Waals surface area contributed by atoms with Crippen molar-refractivity contribution < 1.29 is 9.53 Å². The first-order valence-corrected chi connectivity index (χ1v) is 5.35. The van der Waals surface area contributed by atoms with Crippen molar-refractivity contribution in [1.29, 1.82) is 0 Å². The Morgan fingerprint density at radius 2 is 2.00 bits per heavy atom. The summed E-state index contributed by atoms with van der Waals surface area (Å²) in [6.45, 7) is 0. The van der Waals surface area contributed by atoms with Gasteiger partial charge < -0.3 is 15.8 Å². The summed E-state index contributed by atoms with van der Waals surface area (Å²) in [5.41, 5.74) is 7.30. The molecule has 0 bridgehead atoms. The van der Waals surface area contributed by atoms with Gasteiger partial charge in [-0.05, 0) is 30.3 Å². The predicted molar refractivity (Wildman–Crippen MR) is 69.6 cm³/mol. The average molecular weight is 243 g/mol. The number of rotatable bonds is 3. The van der Waals surface area contributed by atoms with Crippen LogP contribution in [0, 0.1) is 0 Å². The molecule has 0 radical (unpaired) electrons. The third-order valence-corrected chi connectivity index (χ3v) is 2.41. The Morgan fingerprint density at radius 1 is 1.28 bits per heavy atom. The number of methoxy groups -OCH3 is 1. The number of carbonyl (C=O) groups excluding carboxylic acids is 1. The molecule has 0 saturated carbocycles. The highest BCUT2D eigenvalue weighted by molar-refractivity contribution is 6.05. The topological polar surface area (TPSA) is 77.2 Å². The maximum Gasteiger partial charge on any atom is 0.255 e. The van der Waals surface area contributed by atoms with Crippen LogP contribution in [0.1, 0.15) is 10.4 Å². The normalized spacial score (nSPS) is 9.83. The SMILES string of the molecule is COc1ccc(N)cc1NC(=O)c1ccncc1. The summed E-state index contributed by atoms with van der Waals surface area (Å²) in [5.74, 6) is 0.327. The highest BCUT2D eigenvalue weighted by atomic mass is 16.5. The van der Waals surface area contributed by atoms with E-state index >= 15 is 0 Å². The van der Waals surface area contributed by atoms with Crippen LogP contribution in [-0.4, -0.2) is 18.0 Å². The molecule has 0 unspecified atom stereocenters. The molecule has 2 aromatic rings. The van der Waals surface area contributed by atoms with Crippen LogP contribution in [0.5, 0.6) is 5.75 Å². The second-order valence-electron chi connectivity index (χ2n) is 3.65. The molecule has 3 N–H and O–H groups in total. The fourth-order valence-electron chi connectivity index (χ4n) is 1.52. The molecule has 1 aromatic carbocycles. The largest absolute Gasteiger partial charge is 0.495 e. The molecule has 92 valence electrons. The zero-order chi connectivity index (χ0) is 13.0. The van der Waals surface area contributed by atoms with Gasteiger partial charge in [0.15, 0.2) is 0 Å². The third-order valence-electron chi connectivity index (χ3n) is 2.41. The van der Waals surface area contributed by atoms with Crippen molar-refractivity contribution in [3.05, 3.63) is 48.3 Å². The van der Waals surface area contributed by atoms with Gasteiger partial charge in [0.25, 0.3) is 5.91 Å². The average Bonchev–Trinajstić information content (AvgIpc) is 2.40. The highest BCUT2D eigenvalue weighted by Crippen LogP contribution is 2.26. The number of aromatic nitrogens is 1. The quantitative estimate of drug-likeness (QED) is 0.807. The lowest BCUT2D eigenvalue weighted by Gasteiger charge is -2.10. The lowest BCUT2D eigenvalue weighted by Crippen LogP contribution is -2.12. The minimum atomic E-state index is -0.235. The number of hydrogen-bond donors (Lipinski definition) is 2. The predicted octanol–water partition coefficient (Wildman–Crippen LogP) is 1.92. The number of benzene rings is 1. The van der Waals surface area contributed by atoms with E-state index in [1.54, 1.807) is 42.7 Å². The van der Waals surface area contributed by atoms with Crippen molar-refractivity contribution in [2.45, 2.75) is 0 Å². The van der Waals surface area contributed by atoms with E-state index < -0.39 is 0 Å². The van der Waals surface area contributed by atoms with Gasteiger partial charge in [-0.25, -0.2) is 0 Å². The van der Waals surface area contributed by atoms with Crippen LogP contribution in [-0.2, 0) is 0 Å². The zero-order valence-corrected chi connectivity index (χ0v) is 9.88. The monoisotopic (exact) mass is 243 g/mol. The number of nitrogens with zero attached hydrogens (tertiary/aromatic N) is 1. The highest BCUT2D eigenvalue weighted by Gasteiger charge is 2.09. The van der Waals surface area contributed by atoms with E-state index in [4.69, 9.17) is 10.5 Å². The first-order chi connectivity index (χ1) is 8.70. The molecular weight excluding hydrogens is 230 g/mol. The molecule has 5 nitrogen and oxygen atoms in total. The maximum atomic E-state index is 12.0. The third kappa shape index (κ3) is 2.57. The van der Waals surface area contributed by atoms with E-state index in [9.17, 15) is 4.79 Å². The number of anilines is 2. The second-order valence-corrected chi connectivity index (χ2v) is 3.65. The fourth-order valence-corrected chi connectivity index (χ4v) is 1.52. The minimum Gasteiger partial charge on any atom is -0.495 e. The Hall–Kier alpha value is -2.56. The molecule has 1 amide bonds. The van der Waals surface area contributed by atoms with Crippen molar-refractivity contribution in [3.8, 4) is 5.75 Å². The lowest BCUT2D eigenvalue weighted by atomic mass is 10.2. The minimum absolute atomic E-state index is 0.235. The summed E-state index contributed by atoms with van der Waals surface area (Å²) in [5, 5.41) is 2.75. The molecule has 18 heavy (non-hydrogen) atoms. The number of nitrogens with two attached hydrogens (primary N) is 1. The van der Waals surface area contributed by atoms with Crippen LogP contribution in [0.4, 0.5) is 11.4 Å². The Bertz CT molecular complexity index is 555. The number of nitrogen functional groups attached to an aromatic ring is 1. The first kappa shape index (κ1) is 11.9. The summed E-state index contributed by atoms with van der Waals surface area (Å²) >= 11 is 0. The van der Waals surface area contributed by atoms with Crippen molar-refractivity contribution in [2.24, 2.45) is 0 Å². The summed E-state index contributed by atoms with van der Waals surface area (Å²) in [6.07, 6.45) is 3.12. The van der Waals surface area contributed by atoms with Crippen LogP contribution in [0.25, 0.3) is 0 Å². The van der Waals surface area contributed by atoms with Crippen LogP contribution in [0.2, 0.25) is 0 Å². The molecule has 5 heteroatoms. The van der Waals surface area contributed by atoms with Crippen LogP contribution >= 0.6 is 0 Å². The Morgan fingerprint density at radius 3 is 2.67 bits per heavy atom. The molecule has 2 rings (SSSR count). The number of hydrogen-bond acceptors (Lipinski definition) is 4. The smallest absolute Gasteiger partial charge is 0.255 e. The number of pyridine rings is 1. The number of carbonyl (C=O) groups is 1. The fraction of sp³-hybridized carbons (Fsp3) is 0.0769.